The molecule has 7 nitrogen and oxygen atoms in total. The third-order valence-electron chi connectivity index (χ3n) is 2.74. The molecule has 1 aliphatic heterocycles. The zero-order valence-corrected chi connectivity index (χ0v) is 11.5. The molecule has 0 saturated heterocycles. The first-order valence-electron chi connectivity index (χ1n) is 5.71. The zero-order valence-electron chi connectivity index (χ0n) is 10.6. The van der Waals surface area contributed by atoms with E-state index in [0.29, 0.717) is 5.56 Å². The van der Waals surface area contributed by atoms with E-state index in [9.17, 15) is 19.0 Å². The minimum atomic E-state index is -3.18. The molecule has 0 aromatic carbocycles. The van der Waals surface area contributed by atoms with Gasteiger partial charge in [0.15, 0.2) is 6.23 Å². The molecular weight excluding hydrogens is 271 g/mol. The molecule has 0 spiro atoms. The van der Waals surface area contributed by atoms with Crippen molar-refractivity contribution in [1.82, 2.24) is 9.55 Å². The van der Waals surface area contributed by atoms with E-state index in [1.807, 2.05) is 0 Å². The van der Waals surface area contributed by atoms with E-state index in [2.05, 4.69) is 4.98 Å². The van der Waals surface area contributed by atoms with Crippen LogP contribution in [-0.4, -0.2) is 33.4 Å². The normalized spacial score (nSPS) is 25.4. The summed E-state index contributed by atoms with van der Waals surface area (Å²) in [6.07, 6.45) is 3.49. The van der Waals surface area contributed by atoms with Gasteiger partial charge in [0.2, 0.25) is 7.37 Å². The first-order chi connectivity index (χ1) is 8.76. The van der Waals surface area contributed by atoms with Crippen LogP contribution in [0.4, 0.5) is 0 Å². The maximum absolute atomic E-state index is 11.7. The molecule has 0 amide bonds. The number of rotatable bonds is 3. The van der Waals surface area contributed by atoms with Gasteiger partial charge in [0.05, 0.1) is 12.3 Å². The van der Waals surface area contributed by atoms with Gasteiger partial charge in [-0.1, -0.05) is 6.08 Å². The van der Waals surface area contributed by atoms with Gasteiger partial charge < -0.3 is 9.63 Å². The Morgan fingerprint density at radius 2 is 2.16 bits per heavy atom. The molecule has 2 rings (SSSR count). The highest BCUT2D eigenvalue weighted by Gasteiger charge is 2.26. The Bertz CT molecular complexity index is 668. The second kappa shape index (κ2) is 4.92. The van der Waals surface area contributed by atoms with Crippen LogP contribution in [0.2, 0.25) is 0 Å². The lowest BCUT2D eigenvalue weighted by molar-refractivity contribution is 0.0250. The van der Waals surface area contributed by atoms with Gasteiger partial charge in [0.1, 0.15) is 0 Å². The van der Waals surface area contributed by atoms with Gasteiger partial charge >= 0.3 is 5.69 Å². The highest BCUT2D eigenvalue weighted by molar-refractivity contribution is 7.57. The van der Waals surface area contributed by atoms with Gasteiger partial charge in [0.25, 0.3) is 5.56 Å². The van der Waals surface area contributed by atoms with E-state index in [0.717, 1.165) is 0 Å². The Balaban J connectivity index is 2.21. The minimum absolute atomic E-state index is 0.00289. The van der Waals surface area contributed by atoms with Crippen molar-refractivity contribution in [3.63, 3.8) is 0 Å². The molecule has 0 aliphatic carbocycles. The summed E-state index contributed by atoms with van der Waals surface area (Å²) in [5.74, 6) is 0. The van der Waals surface area contributed by atoms with Crippen LogP contribution in [0, 0.1) is 6.92 Å². The number of aromatic nitrogens is 2. The number of nitrogens with one attached hydrogen (secondary N) is 1. The van der Waals surface area contributed by atoms with E-state index in [1.165, 1.54) is 17.4 Å². The number of hydrogen-bond donors (Lipinski definition) is 2. The van der Waals surface area contributed by atoms with Crippen molar-refractivity contribution < 1.29 is 14.2 Å². The van der Waals surface area contributed by atoms with Crippen LogP contribution in [0.15, 0.2) is 27.9 Å². The van der Waals surface area contributed by atoms with Gasteiger partial charge in [-0.05, 0) is 13.0 Å². The molecule has 19 heavy (non-hydrogen) atoms. The quantitative estimate of drug-likeness (QED) is 0.610. The fraction of sp³-hybridized carbons (Fsp3) is 0.455. The van der Waals surface area contributed by atoms with Crippen LogP contribution in [0.1, 0.15) is 11.8 Å². The molecule has 0 bridgehead atoms. The number of nitrogens with zero attached hydrogens (tertiary/aromatic N) is 1. The van der Waals surface area contributed by atoms with Crippen LogP contribution < -0.4 is 11.2 Å². The topological polar surface area (TPSA) is 101 Å². The number of aryl methyl sites for hydroxylation is 1. The summed E-state index contributed by atoms with van der Waals surface area (Å²) in [7, 11) is -3.18. The predicted molar refractivity (Wildman–Crippen MR) is 69.7 cm³/mol. The maximum atomic E-state index is 11.7. The van der Waals surface area contributed by atoms with Crippen molar-refractivity contribution >= 4 is 7.37 Å². The summed E-state index contributed by atoms with van der Waals surface area (Å²) < 4.78 is 18.0. The molecular formula is C11H15N2O5P. The maximum Gasteiger partial charge on any atom is 0.330 e. The van der Waals surface area contributed by atoms with E-state index in [4.69, 9.17) is 4.74 Å². The molecule has 1 aliphatic rings. The molecule has 8 heteroatoms. The van der Waals surface area contributed by atoms with Crippen molar-refractivity contribution in [2.24, 2.45) is 0 Å². The highest BCUT2D eigenvalue weighted by Crippen LogP contribution is 2.38. The van der Waals surface area contributed by atoms with Gasteiger partial charge in [-0.2, -0.15) is 0 Å². The van der Waals surface area contributed by atoms with Gasteiger partial charge in [-0.15, -0.1) is 0 Å². The summed E-state index contributed by atoms with van der Waals surface area (Å²) in [6, 6.07) is 0. The Morgan fingerprint density at radius 3 is 2.79 bits per heavy atom. The molecule has 0 saturated carbocycles. The van der Waals surface area contributed by atoms with Crippen molar-refractivity contribution in [2.75, 3.05) is 12.8 Å². The van der Waals surface area contributed by atoms with E-state index in [1.54, 1.807) is 19.1 Å². The van der Waals surface area contributed by atoms with Crippen LogP contribution in [0.5, 0.6) is 0 Å². The smallest absolute Gasteiger partial charge is 0.330 e. The summed E-state index contributed by atoms with van der Waals surface area (Å²) in [5.41, 5.74) is -0.619. The molecule has 2 unspecified atom stereocenters. The Kier molecular flexibility index (Phi) is 3.62. The second-order valence-corrected chi connectivity index (χ2v) is 7.13. The number of ether oxygens (including phenoxy) is 1. The van der Waals surface area contributed by atoms with E-state index < -0.39 is 30.9 Å². The Hall–Kier alpha value is -1.43. The molecule has 2 N–H and O–H groups in total. The largest absolute Gasteiger partial charge is 0.346 e. The lowest BCUT2D eigenvalue weighted by atomic mass is 10.3. The van der Waals surface area contributed by atoms with Gasteiger partial charge in [-0.25, -0.2) is 4.79 Å². The molecule has 0 fully saturated rings. The molecule has 2 heterocycles. The fourth-order valence-electron chi connectivity index (χ4n) is 1.86. The summed E-state index contributed by atoms with van der Waals surface area (Å²) in [4.78, 5) is 34.4. The third kappa shape index (κ3) is 3.32. The van der Waals surface area contributed by atoms with E-state index in [-0.39, 0.29) is 6.16 Å². The van der Waals surface area contributed by atoms with Crippen molar-refractivity contribution in [3.05, 3.63) is 44.8 Å². The van der Waals surface area contributed by atoms with Crippen molar-refractivity contribution in [1.29, 1.82) is 0 Å². The van der Waals surface area contributed by atoms with Crippen LogP contribution in [0.3, 0.4) is 0 Å². The number of aromatic amines is 1. The number of hydrogen-bond acceptors (Lipinski definition) is 4. The molecule has 1 aromatic heterocycles. The number of H-pyrrole nitrogens is 1. The summed E-state index contributed by atoms with van der Waals surface area (Å²) >= 11 is 0. The molecule has 0 radical (unpaired) electrons. The average Bonchev–Trinajstić information content (AvgIpc) is 2.69. The van der Waals surface area contributed by atoms with Crippen LogP contribution in [-0.2, 0) is 9.30 Å². The monoisotopic (exact) mass is 286 g/mol. The third-order valence-corrected chi connectivity index (χ3v) is 3.78. The lowest BCUT2D eigenvalue weighted by Crippen LogP contribution is -2.33. The Morgan fingerprint density at radius 1 is 1.47 bits per heavy atom. The highest BCUT2D eigenvalue weighted by atomic mass is 31.2. The second-order valence-electron chi connectivity index (χ2n) is 4.66. The molecule has 104 valence electrons. The Labute approximate surface area is 109 Å². The molecule has 3 atom stereocenters. The van der Waals surface area contributed by atoms with Crippen molar-refractivity contribution in [2.45, 2.75) is 19.3 Å². The lowest BCUT2D eigenvalue weighted by Gasteiger charge is -2.17. The standard InChI is InChI=1S/C11H15N2O5P/c1-7-5-13(11(15)12-10(7)14)9-4-3-8(18-9)6-19(2,16)17/h3-5,8-9H,6H2,1-2H3,(H,16,17)(H,12,14,15)/t8-,9?/m0/s1. The van der Waals surface area contributed by atoms with Gasteiger partial charge in [0, 0.05) is 18.4 Å². The summed E-state index contributed by atoms with van der Waals surface area (Å²) in [5, 5.41) is 0. The zero-order chi connectivity index (χ0) is 14.2. The van der Waals surface area contributed by atoms with Gasteiger partial charge in [-0.3, -0.25) is 18.9 Å². The first-order valence-corrected chi connectivity index (χ1v) is 8.00. The van der Waals surface area contributed by atoms with Crippen molar-refractivity contribution in [3.8, 4) is 0 Å². The predicted octanol–water partition coefficient (Wildman–Crippen LogP) is 0.199. The van der Waals surface area contributed by atoms with Crippen LogP contribution >= 0.6 is 7.37 Å². The molecule has 1 aromatic rings. The van der Waals surface area contributed by atoms with Crippen LogP contribution in [0.25, 0.3) is 0 Å². The average molecular weight is 286 g/mol. The summed E-state index contributed by atoms with van der Waals surface area (Å²) in [6.45, 7) is 2.84. The fourth-order valence-corrected chi connectivity index (χ4v) is 2.74. The SMILES string of the molecule is Cc1cn(C2C=C[C@@H](CP(C)(=O)O)O2)c(=O)[nH]c1=O. The van der Waals surface area contributed by atoms with E-state index >= 15 is 0 Å². The first kappa shape index (κ1) is 14.0. The minimum Gasteiger partial charge on any atom is -0.346 e.